The van der Waals surface area contributed by atoms with E-state index in [1.807, 2.05) is 31.2 Å². The molecule has 0 amide bonds. The molecule has 1 N–H and O–H groups in total. The summed E-state index contributed by atoms with van der Waals surface area (Å²) in [5.41, 5.74) is 2.47. The molecule has 0 atom stereocenters. The van der Waals surface area contributed by atoms with Crippen LogP contribution in [0.2, 0.25) is 0 Å². The highest BCUT2D eigenvalue weighted by Gasteiger charge is 2.05. The van der Waals surface area contributed by atoms with Crippen LogP contribution in [-0.4, -0.2) is 27.4 Å². The van der Waals surface area contributed by atoms with Crippen LogP contribution < -0.4 is 19.5 Å². The molecule has 2 aromatic carbocycles. The molecule has 0 aliphatic heterocycles. The molecule has 0 aliphatic rings. The summed E-state index contributed by atoms with van der Waals surface area (Å²) in [7, 11) is 3.35. The number of ether oxygens (including phenoxy) is 3. The number of rotatable bonds is 9. The van der Waals surface area contributed by atoms with Crippen molar-refractivity contribution < 1.29 is 14.2 Å². The van der Waals surface area contributed by atoms with Gasteiger partial charge in [0, 0.05) is 6.54 Å². The Balaban J connectivity index is 1.81. The van der Waals surface area contributed by atoms with Crippen molar-refractivity contribution in [1.29, 1.82) is 0 Å². The molecule has 124 valence electrons. The van der Waals surface area contributed by atoms with Crippen molar-refractivity contribution >= 4 is 0 Å². The average Bonchev–Trinajstić information content (AvgIpc) is 2.60. The second-order valence-electron chi connectivity index (χ2n) is 5.19. The summed E-state index contributed by atoms with van der Waals surface area (Å²) in [5, 5.41) is 3.45. The number of nitrogens with one attached hydrogen (secondary N) is 1. The minimum absolute atomic E-state index is 0.635. The van der Waals surface area contributed by atoms with E-state index in [0.717, 1.165) is 36.8 Å². The molecule has 0 fully saturated rings. The van der Waals surface area contributed by atoms with Crippen LogP contribution in [0.5, 0.6) is 17.2 Å². The quantitative estimate of drug-likeness (QED) is 0.720. The smallest absolute Gasteiger partial charge is 0.161 e. The number of methoxy groups -OCH3 is 2. The lowest BCUT2D eigenvalue weighted by Crippen LogP contribution is -2.16. The van der Waals surface area contributed by atoms with Gasteiger partial charge >= 0.3 is 0 Å². The van der Waals surface area contributed by atoms with E-state index in [1.54, 1.807) is 14.2 Å². The first-order valence-corrected chi connectivity index (χ1v) is 7.90. The SMILES string of the molecule is CCOc1ccc(CNCCc2ccc(OC)cc2)cc1OC. The first-order valence-electron chi connectivity index (χ1n) is 7.90. The van der Waals surface area contributed by atoms with Crippen molar-refractivity contribution in [3.8, 4) is 17.2 Å². The van der Waals surface area contributed by atoms with Crippen LogP contribution in [-0.2, 0) is 13.0 Å². The highest BCUT2D eigenvalue weighted by atomic mass is 16.5. The molecule has 2 aromatic rings. The third-order valence-corrected chi connectivity index (χ3v) is 3.61. The van der Waals surface area contributed by atoms with Gasteiger partial charge in [-0.3, -0.25) is 0 Å². The third-order valence-electron chi connectivity index (χ3n) is 3.61. The highest BCUT2D eigenvalue weighted by molar-refractivity contribution is 5.42. The number of hydrogen-bond acceptors (Lipinski definition) is 4. The van der Waals surface area contributed by atoms with Gasteiger partial charge in [0.2, 0.25) is 0 Å². The average molecular weight is 315 g/mol. The Morgan fingerprint density at radius 2 is 1.61 bits per heavy atom. The zero-order chi connectivity index (χ0) is 16.5. The molecule has 0 saturated heterocycles. The van der Waals surface area contributed by atoms with Crippen molar-refractivity contribution in [2.45, 2.75) is 19.9 Å². The molecule has 4 nitrogen and oxygen atoms in total. The van der Waals surface area contributed by atoms with Crippen LogP contribution in [0.15, 0.2) is 42.5 Å². The summed E-state index contributed by atoms with van der Waals surface area (Å²) in [6.07, 6.45) is 0.984. The topological polar surface area (TPSA) is 39.7 Å². The predicted octanol–water partition coefficient (Wildman–Crippen LogP) is 3.43. The van der Waals surface area contributed by atoms with E-state index in [0.29, 0.717) is 6.61 Å². The molecule has 0 aromatic heterocycles. The summed E-state index contributed by atoms with van der Waals surface area (Å²) >= 11 is 0. The summed E-state index contributed by atoms with van der Waals surface area (Å²) in [4.78, 5) is 0. The van der Waals surface area contributed by atoms with Crippen molar-refractivity contribution in [1.82, 2.24) is 5.32 Å². The zero-order valence-corrected chi connectivity index (χ0v) is 14.1. The van der Waals surface area contributed by atoms with Crippen molar-refractivity contribution in [2.75, 3.05) is 27.4 Å². The molecule has 0 heterocycles. The third kappa shape index (κ3) is 5.18. The molecule has 0 radical (unpaired) electrons. The molecule has 0 aliphatic carbocycles. The van der Waals surface area contributed by atoms with E-state index in [4.69, 9.17) is 14.2 Å². The molecular weight excluding hydrogens is 290 g/mol. The van der Waals surface area contributed by atoms with Crippen LogP contribution >= 0.6 is 0 Å². The van der Waals surface area contributed by atoms with Crippen LogP contribution in [0.3, 0.4) is 0 Å². The van der Waals surface area contributed by atoms with Crippen LogP contribution in [0, 0.1) is 0 Å². The lowest BCUT2D eigenvalue weighted by Gasteiger charge is -2.11. The molecule has 0 bridgehead atoms. The number of hydrogen-bond donors (Lipinski definition) is 1. The van der Waals surface area contributed by atoms with Crippen LogP contribution in [0.4, 0.5) is 0 Å². The van der Waals surface area contributed by atoms with Crippen molar-refractivity contribution in [3.63, 3.8) is 0 Å². The lowest BCUT2D eigenvalue weighted by molar-refractivity contribution is 0.310. The predicted molar refractivity (Wildman–Crippen MR) is 92.6 cm³/mol. The van der Waals surface area contributed by atoms with Gasteiger partial charge in [0.05, 0.1) is 20.8 Å². The maximum Gasteiger partial charge on any atom is 0.161 e. The maximum atomic E-state index is 5.53. The van der Waals surface area contributed by atoms with E-state index in [9.17, 15) is 0 Å². The van der Waals surface area contributed by atoms with Gasteiger partial charge in [0.1, 0.15) is 5.75 Å². The van der Waals surface area contributed by atoms with Gasteiger partial charge in [-0.05, 0) is 55.3 Å². The highest BCUT2D eigenvalue weighted by Crippen LogP contribution is 2.27. The summed E-state index contributed by atoms with van der Waals surface area (Å²) in [6.45, 7) is 4.32. The molecule has 23 heavy (non-hydrogen) atoms. The minimum Gasteiger partial charge on any atom is -0.497 e. The number of benzene rings is 2. The van der Waals surface area contributed by atoms with Gasteiger partial charge in [-0.25, -0.2) is 0 Å². The lowest BCUT2D eigenvalue weighted by atomic mass is 10.1. The van der Waals surface area contributed by atoms with E-state index in [-0.39, 0.29) is 0 Å². The maximum absolute atomic E-state index is 5.53. The molecular formula is C19H25NO3. The largest absolute Gasteiger partial charge is 0.497 e. The van der Waals surface area contributed by atoms with E-state index < -0.39 is 0 Å². The molecule has 0 unspecified atom stereocenters. The van der Waals surface area contributed by atoms with E-state index in [1.165, 1.54) is 11.1 Å². The van der Waals surface area contributed by atoms with Crippen molar-refractivity contribution in [3.05, 3.63) is 53.6 Å². The Morgan fingerprint density at radius 1 is 0.870 bits per heavy atom. The first kappa shape index (κ1) is 17.2. The Morgan fingerprint density at radius 3 is 2.26 bits per heavy atom. The Kier molecular flexibility index (Phi) is 6.76. The fourth-order valence-electron chi connectivity index (χ4n) is 2.35. The second kappa shape index (κ2) is 9.06. The molecule has 4 heteroatoms. The normalized spacial score (nSPS) is 10.4. The summed E-state index contributed by atoms with van der Waals surface area (Å²) < 4.78 is 16.1. The van der Waals surface area contributed by atoms with Gasteiger partial charge in [-0.1, -0.05) is 18.2 Å². The van der Waals surface area contributed by atoms with Gasteiger partial charge < -0.3 is 19.5 Å². The minimum atomic E-state index is 0.635. The van der Waals surface area contributed by atoms with Crippen LogP contribution in [0.1, 0.15) is 18.1 Å². The molecule has 0 saturated carbocycles. The fourth-order valence-corrected chi connectivity index (χ4v) is 2.35. The first-order chi connectivity index (χ1) is 11.3. The Labute approximate surface area is 138 Å². The monoisotopic (exact) mass is 315 g/mol. The standard InChI is InChI=1S/C19H25NO3/c1-4-23-18-10-7-16(13-19(18)22-3)14-20-12-11-15-5-8-17(21-2)9-6-15/h5-10,13,20H,4,11-12,14H2,1-3H3. The van der Waals surface area contributed by atoms with E-state index >= 15 is 0 Å². The zero-order valence-electron chi connectivity index (χ0n) is 14.1. The fraction of sp³-hybridized carbons (Fsp3) is 0.368. The van der Waals surface area contributed by atoms with E-state index in [2.05, 4.69) is 23.5 Å². The van der Waals surface area contributed by atoms with Crippen molar-refractivity contribution in [2.24, 2.45) is 0 Å². The van der Waals surface area contributed by atoms with Crippen LogP contribution in [0.25, 0.3) is 0 Å². The molecule has 0 spiro atoms. The Bertz CT molecular complexity index is 596. The van der Waals surface area contributed by atoms with Gasteiger partial charge in [0.15, 0.2) is 11.5 Å². The summed E-state index contributed by atoms with van der Waals surface area (Å²) in [6, 6.07) is 14.2. The van der Waals surface area contributed by atoms with Gasteiger partial charge in [-0.15, -0.1) is 0 Å². The summed E-state index contributed by atoms with van der Waals surface area (Å²) in [5.74, 6) is 2.46. The second-order valence-corrected chi connectivity index (χ2v) is 5.19. The Hall–Kier alpha value is -2.20. The molecule has 2 rings (SSSR count). The van der Waals surface area contributed by atoms with Gasteiger partial charge in [-0.2, -0.15) is 0 Å². The van der Waals surface area contributed by atoms with Gasteiger partial charge in [0.25, 0.3) is 0 Å².